The van der Waals surface area contributed by atoms with Crippen LogP contribution in [0.5, 0.6) is 0 Å². The first-order chi connectivity index (χ1) is 5.43. The number of allylic oxidation sites excluding steroid dienone is 1. The molecule has 0 aliphatic carbocycles. The van der Waals surface area contributed by atoms with Crippen molar-refractivity contribution in [2.45, 2.75) is 11.9 Å². The predicted octanol–water partition coefficient (Wildman–Crippen LogP) is 2.75. The van der Waals surface area contributed by atoms with E-state index in [1.54, 1.807) is 11.8 Å². The molecule has 0 atom stereocenters. The van der Waals surface area contributed by atoms with E-state index in [-0.39, 0.29) is 0 Å². The second kappa shape index (κ2) is 4.97. The third-order valence-electron chi connectivity index (χ3n) is 1.20. The van der Waals surface area contributed by atoms with Crippen molar-refractivity contribution < 1.29 is 0 Å². The molecule has 0 aliphatic heterocycles. The fourth-order valence-corrected chi connectivity index (χ4v) is 1.43. The predicted molar refractivity (Wildman–Crippen MR) is 49.8 cm³/mol. The van der Waals surface area contributed by atoms with Crippen molar-refractivity contribution >= 4 is 11.8 Å². The van der Waals surface area contributed by atoms with Gasteiger partial charge in [0.2, 0.25) is 0 Å². The highest BCUT2D eigenvalue weighted by atomic mass is 32.2. The van der Waals surface area contributed by atoms with Gasteiger partial charge < -0.3 is 0 Å². The van der Waals surface area contributed by atoms with Crippen LogP contribution in [-0.4, -0.2) is 10.7 Å². The van der Waals surface area contributed by atoms with Crippen LogP contribution in [0.4, 0.5) is 0 Å². The Kier molecular flexibility index (Phi) is 3.76. The smallest absolute Gasteiger partial charge is 0.0962 e. The van der Waals surface area contributed by atoms with Crippen molar-refractivity contribution in [1.82, 2.24) is 4.98 Å². The molecule has 1 rings (SSSR count). The summed E-state index contributed by atoms with van der Waals surface area (Å²) in [5, 5.41) is 1.09. The molecule has 1 aromatic rings. The Hall–Kier alpha value is -0.760. The largest absolute Gasteiger partial charge is 0.250 e. The molecule has 0 fully saturated rings. The Morgan fingerprint density at radius 3 is 3.09 bits per heavy atom. The number of thioether (sulfide) groups is 1. The molecule has 1 nitrogen and oxygen atoms in total. The van der Waals surface area contributed by atoms with Crippen LogP contribution < -0.4 is 0 Å². The molecule has 0 bridgehead atoms. The van der Waals surface area contributed by atoms with Gasteiger partial charge in [0.15, 0.2) is 0 Å². The van der Waals surface area contributed by atoms with Gasteiger partial charge in [0.1, 0.15) is 0 Å². The lowest BCUT2D eigenvalue weighted by Crippen LogP contribution is -1.77. The third kappa shape index (κ3) is 3.23. The van der Waals surface area contributed by atoms with Crippen LogP contribution in [0.3, 0.4) is 0 Å². The number of aromatic nitrogens is 1. The van der Waals surface area contributed by atoms with Crippen LogP contribution in [0.2, 0.25) is 0 Å². The van der Waals surface area contributed by atoms with E-state index in [2.05, 4.69) is 17.1 Å². The van der Waals surface area contributed by atoms with Crippen LogP contribution in [0.1, 0.15) is 6.92 Å². The fraction of sp³-hybridized carbons (Fsp3) is 0.222. The highest BCUT2D eigenvalue weighted by molar-refractivity contribution is 7.99. The number of rotatable bonds is 3. The van der Waals surface area contributed by atoms with Crippen LogP contribution in [0.25, 0.3) is 0 Å². The van der Waals surface area contributed by atoms with Crippen molar-refractivity contribution in [1.29, 1.82) is 0 Å². The molecular weight excluding hydrogens is 154 g/mol. The lowest BCUT2D eigenvalue weighted by molar-refractivity contribution is 1.14. The molecule has 0 saturated carbocycles. The van der Waals surface area contributed by atoms with E-state index in [0.717, 1.165) is 10.8 Å². The summed E-state index contributed by atoms with van der Waals surface area (Å²) < 4.78 is 0. The second-order valence-corrected chi connectivity index (χ2v) is 3.09. The number of pyridine rings is 1. The Balaban J connectivity index is 2.39. The first kappa shape index (κ1) is 8.34. The van der Waals surface area contributed by atoms with E-state index < -0.39 is 0 Å². The zero-order valence-corrected chi connectivity index (χ0v) is 7.34. The summed E-state index contributed by atoms with van der Waals surface area (Å²) >= 11 is 1.75. The molecule has 2 heteroatoms. The van der Waals surface area contributed by atoms with Crippen LogP contribution >= 0.6 is 11.8 Å². The maximum Gasteiger partial charge on any atom is 0.0962 e. The Labute approximate surface area is 71.5 Å². The average molecular weight is 165 g/mol. The summed E-state index contributed by atoms with van der Waals surface area (Å²) in [5.74, 6) is 1.01. The molecule has 0 N–H and O–H groups in total. The summed E-state index contributed by atoms with van der Waals surface area (Å²) in [7, 11) is 0. The molecule has 1 aromatic heterocycles. The first-order valence-electron chi connectivity index (χ1n) is 3.58. The van der Waals surface area contributed by atoms with E-state index in [1.807, 2.05) is 31.3 Å². The average Bonchev–Trinajstić information content (AvgIpc) is 2.07. The Morgan fingerprint density at radius 2 is 2.45 bits per heavy atom. The van der Waals surface area contributed by atoms with Crippen LogP contribution in [0, 0.1) is 0 Å². The molecule has 0 aliphatic rings. The number of nitrogens with zero attached hydrogens (tertiary/aromatic N) is 1. The SMILES string of the molecule is CC=CCSc1ccccn1. The summed E-state index contributed by atoms with van der Waals surface area (Å²) in [6.07, 6.45) is 5.99. The van der Waals surface area contributed by atoms with E-state index in [9.17, 15) is 0 Å². The van der Waals surface area contributed by atoms with Gasteiger partial charge in [0, 0.05) is 11.9 Å². The van der Waals surface area contributed by atoms with Gasteiger partial charge in [0.25, 0.3) is 0 Å². The molecule has 1 heterocycles. The van der Waals surface area contributed by atoms with E-state index in [4.69, 9.17) is 0 Å². The molecule has 11 heavy (non-hydrogen) atoms. The lowest BCUT2D eigenvalue weighted by atomic mass is 10.5. The van der Waals surface area contributed by atoms with Gasteiger partial charge in [-0.05, 0) is 19.1 Å². The molecule has 58 valence electrons. The molecular formula is C9H11NS. The van der Waals surface area contributed by atoms with Gasteiger partial charge in [-0.1, -0.05) is 18.2 Å². The quantitative estimate of drug-likeness (QED) is 0.504. The van der Waals surface area contributed by atoms with Gasteiger partial charge in [-0.15, -0.1) is 11.8 Å². The topological polar surface area (TPSA) is 12.9 Å². The maximum absolute atomic E-state index is 4.18. The molecule has 0 saturated heterocycles. The van der Waals surface area contributed by atoms with Crippen LogP contribution in [0.15, 0.2) is 41.6 Å². The van der Waals surface area contributed by atoms with Gasteiger partial charge in [0.05, 0.1) is 5.03 Å². The minimum absolute atomic E-state index is 1.01. The molecule has 0 amide bonds. The molecule has 0 radical (unpaired) electrons. The summed E-state index contributed by atoms with van der Waals surface area (Å²) in [4.78, 5) is 4.18. The van der Waals surface area contributed by atoms with Gasteiger partial charge in [-0.25, -0.2) is 4.98 Å². The molecule has 0 aromatic carbocycles. The van der Waals surface area contributed by atoms with Crippen molar-refractivity contribution in [3.8, 4) is 0 Å². The standard InChI is InChI=1S/C9H11NS/c1-2-3-8-11-9-6-4-5-7-10-9/h2-7H,8H2,1H3. The monoisotopic (exact) mass is 165 g/mol. The van der Waals surface area contributed by atoms with E-state index in [1.165, 1.54) is 0 Å². The number of hydrogen-bond acceptors (Lipinski definition) is 2. The zero-order chi connectivity index (χ0) is 7.94. The van der Waals surface area contributed by atoms with E-state index in [0.29, 0.717) is 0 Å². The van der Waals surface area contributed by atoms with E-state index >= 15 is 0 Å². The third-order valence-corrected chi connectivity index (χ3v) is 2.10. The highest BCUT2D eigenvalue weighted by Gasteiger charge is 1.88. The lowest BCUT2D eigenvalue weighted by Gasteiger charge is -1.93. The van der Waals surface area contributed by atoms with Gasteiger partial charge in [-0.2, -0.15) is 0 Å². The van der Waals surface area contributed by atoms with Gasteiger partial charge in [-0.3, -0.25) is 0 Å². The minimum atomic E-state index is 1.01. The Morgan fingerprint density at radius 1 is 1.55 bits per heavy atom. The van der Waals surface area contributed by atoms with Crippen LogP contribution in [-0.2, 0) is 0 Å². The zero-order valence-electron chi connectivity index (χ0n) is 6.53. The van der Waals surface area contributed by atoms with Gasteiger partial charge >= 0.3 is 0 Å². The number of hydrogen-bond donors (Lipinski definition) is 0. The summed E-state index contributed by atoms with van der Waals surface area (Å²) in [6, 6.07) is 5.96. The maximum atomic E-state index is 4.18. The fourth-order valence-electron chi connectivity index (χ4n) is 0.662. The highest BCUT2D eigenvalue weighted by Crippen LogP contribution is 2.13. The van der Waals surface area contributed by atoms with Crippen molar-refractivity contribution in [3.63, 3.8) is 0 Å². The van der Waals surface area contributed by atoms with Crippen molar-refractivity contribution in [3.05, 3.63) is 36.5 Å². The molecule has 0 spiro atoms. The van der Waals surface area contributed by atoms with Crippen molar-refractivity contribution in [2.24, 2.45) is 0 Å². The summed E-state index contributed by atoms with van der Waals surface area (Å²) in [5.41, 5.74) is 0. The first-order valence-corrected chi connectivity index (χ1v) is 4.57. The summed E-state index contributed by atoms with van der Waals surface area (Å²) in [6.45, 7) is 2.03. The van der Waals surface area contributed by atoms with Crippen molar-refractivity contribution in [2.75, 3.05) is 5.75 Å². The minimum Gasteiger partial charge on any atom is -0.250 e. The normalized spacial score (nSPS) is 10.6. The Bertz CT molecular complexity index is 218. The second-order valence-electron chi connectivity index (χ2n) is 2.05. The molecule has 0 unspecified atom stereocenters.